The highest BCUT2D eigenvalue weighted by molar-refractivity contribution is 7.91. The molecule has 146 valence electrons. The summed E-state index contributed by atoms with van der Waals surface area (Å²) in [5, 5.41) is 0.429. The first-order valence-electron chi connectivity index (χ1n) is 8.83. The number of pyridine rings is 1. The van der Waals surface area contributed by atoms with Gasteiger partial charge < -0.3 is 15.4 Å². The molecule has 4 rings (SSSR count). The number of aromatic nitrogens is 2. The number of benzene rings is 1. The summed E-state index contributed by atoms with van der Waals surface area (Å²) in [6, 6.07) is 11.7. The number of nitrogens with two attached hydrogens (primary N) is 1. The number of sulfone groups is 1. The van der Waals surface area contributed by atoms with Crippen molar-refractivity contribution in [1.29, 1.82) is 0 Å². The van der Waals surface area contributed by atoms with E-state index in [4.69, 9.17) is 15.5 Å². The summed E-state index contributed by atoms with van der Waals surface area (Å²) < 4.78 is 31.9. The lowest BCUT2D eigenvalue weighted by molar-refractivity contribution is 0.122. The Balaban J connectivity index is 1.88. The smallest absolute Gasteiger partial charge is 0.206 e. The SMILES string of the molecule is Cc1nc(N)sc1-c1cc(S(=O)(=O)c2ccccc2)cc(N2CCOCC2)n1. The van der Waals surface area contributed by atoms with Crippen LogP contribution in [0.4, 0.5) is 10.9 Å². The molecule has 0 saturated carbocycles. The van der Waals surface area contributed by atoms with Gasteiger partial charge in [0, 0.05) is 13.1 Å². The number of thiazole rings is 1. The van der Waals surface area contributed by atoms with Gasteiger partial charge in [-0.05, 0) is 31.2 Å². The number of morpholine rings is 1. The molecule has 7 nitrogen and oxygen atoms in total. The number of nitrogen functional groups attached to an aromatic ring is 1. The molecule has 0 aliphatic carbocycles. The van der Waals surface area contributed by atoms with Crippen molar-refractivity contribution in [2.45, 2.75) is 16.7 Å². The Morgan fingerprint density at radius 1 is 1.07 bits per heavy atom. The van der Waals surface area contributed by atoms with E-state index in [0.717, 1.165) is 10.6 Å². The van der Waals surface area contributed by atoms with Crippen LogP contribution in [-0.4, -0.2) is 44.7 Å². The molecule has 0 radical (unpaired) electrons. The molecule has 0 atom stereocenters. The van der Waals surface area contributed by atoms with E-state index >= 15 is 0 Å². The normalized spacial score (nSPS) is 15.0. The van der Waals surface area contributed by atoms with Gasteiger partial charge in [0.25, 0.3) is 0 Å². The van der Waals surface area contributed by atoms with Gasteiger partial charge in [-0.2, -0.15) is 0 Å². The van der Waals surface area contributed by atoms with E-state index < -0.39 is 9.84 Å². The first kappa shape index (κ1) is 18.9. The Hall–Kier alpha value is -2.49. The van der Waals surface area contributed by atoms with Crippen molar-refractivity contribution in [2.24, 2.45) is 0 Å². The largest absolute Gasteiger partial charge is 0.378 e. The zero-order valence-electron chi connectivity index (χ0n) is 15.3. The maximum Gasteiger partial charge on any atom is 0.206 e. The number of anilines is 2. The molecule has 1 aromatic carbocycles. The summed E-state index contributed by atoms with van der Waals surface area (Å²) in [4.78, 5) is 12.3. The molecule has 1 aliphatic rings. The molecule has 0 spiro atoms. The Labute approximate surface area is 167 Å². The van der Waals surface area contributed by atoms with Crippen LogP contribution < -0.4 is 10.6 Å². The molecule has 1 saturated heterocycles. The van der Waals surface area contributed by atoms with E-state index in [2.05, 4.69) is 4.98 Å². The summed E-state index contributed by atoms with van der Waals surface area (Å²) in [6.07, 6.45) is 0. The topological polar surface area (TPSA) is 98.4 Å². The molecule has 3 heterocycles. The average Bonchev–Trinajstić information content (AvgIpc) is 3.07. The van der Waals surface area contributed by atoms with Gasteiger partial charge in [0.15, 0.2) is 5.13 Å². The van der Waals surface area contributed by atoms with Crippen LogP contribution in [0.3, 0.4) is 0 Å². The second-order valence-electron chi connectivity index (χ2n) is 6.43. The van der Waals surface area contributed by atoms with Crippen molar-refractivity contribution in [2.75, 3.05) is 36.9 Å². The summed E-state index contributed by atoms with van der Waals surface area (Å²) in [7, 11) is -3.68. The fourth-order valence-electron chi connectivity index (χ4n) is 3.11. The highest BCUT2D eigenvalue weighted by Crippen LogP contribution is 2.34. The van der Waals surface area contributed by atoms with Crippen LogP contribution in [0.5, 0.6) is 0 Å². The molecule has 1 fully saturated rings. The van der Waals surface area contributed by atoms with Crippen molar-refractivity contribution >= 4 is 32.1 Å². The second kappa shape index (κ2) is 7.50. The molecule has 0 unspecified atom stereocenters. The molecular formula is C19H20N4O3S2. The van der Waals surface area contributed by atoms with Crippen molar-refractivity contribution in [1.82, 2.24) is 9.97 Å². The van der Waals surface area contributed by atoms with Crippen LogP contribution in [0.25, 0.3) is 10.6 Å². The standard InChI is InChI=1S/C19H20N4O3S2/c1-13-18(27-19(20)21-13)16-11-15(28(24,25)14-5-3-2-4-6-14)12-17(22-16)23-7-9-26-10-8-23/h2-6,11-12H,7-10H2,1H3,(H2,20,21). The minimum atomic E-state index is -3.68. The zero-order chi connectivity index (χ0) is 19.7. The van der Waals surface area contributed by atoms with Gasteiger partial charge in [-0.1, -0.05) is 29.5 Å². The van der Waals surface area contributed by atoms with Gasteiger partial charge in [0.2, 0.25) is 9.84 Å². The van der Waals surface area contributed by atoms with Crippen LogP contribution in [0.15, 0.2) is 52.3 Å². The van der Waals surface area contributed by atoms with Crippen LogP contribution >= 0.6 is 11.3 Å². The molecule has 28 heavy (non-hydrogen) atoms. The summed E-state index contributed by atoms with van der Waals surface area (Å²) in [5.41, 5.74) is 7.14. The van der Waals surface area contributed by atoms with E-state index in [1.807, 2.05) is 11.8 Å². The minimum absolute atomic E-state index is 0.205. The van der Waals surface area contributed by atoms with Crippen LogP contribution in [-0.2, 0) is 14.6 Å². The quantitative estimate of drug-likeness (QED) is 0.698. The monoisotopic (exact) mass is 416 g/mol. The lowest BCUT2D eigenvalue weighted by Crippen LogP contribution is -2.36. The molecule has 0 bridgehead atoms. The summed E-state index contributed by atoms with van der Waals surface area (Å²) >= 11 is 1.30. The van der Waals surface area contributed by atoms with Gasteiger partial charge in [-0.15, -0.1) is 0 Å². The van der Waals surface area contributed by atoms with E-state index in [9.17, 15) is 8.42 Å². The third-order valence-corrected chi connectivity index (χ3v) is 7.29. The fourth-order valence-corrected chi connectivity index (χ4v) is 5.22. The number of aryl methyl sites for hydroxylation is 1. The van der Waals surface area contributed by atoms with Gasteiger partial charge in [0.05, 0.1) is 39.3 Å². The van der Waals surface area contributed by atoms with Gasteiger partial charge in [-0.3, -0.25) is 0 Å². The van der Waals surface area contributed by atoms with Crippen LogP contribution in [0.1, 0.15) is 5.69 Å². The maximum absolute atomic E-state index is 13.2. The van der Waals surface area contributed by atoms with E-state index in [1.54, 1.807) is 42.5 Å². The molecular weight excluding hydrogens is 396 g/mol. The van der Waals surface area contributed by atoms with Crippen molar-refractivity contribution in [3.8, 4) is 10.6 Å². The number of hydrogen-bond donors (Lipinski definition) is 1. The zero-order valence-corrected chi connectivity index (χ0v) is 17.0. The summed E-state index contributed by atoms with van der Waals surface area (Å²) in [5.74, 6) is 0.613. The van der Waals surface area contributed by atoms with Crippen molar-refractivity contribution in [3.05, 3.63) is 48.2 Å². The Kier molecular flexibility index (Phi) is 5.05. The Morgan fingerprint density at radius 2 is 1.79 bits per heavy atom. The van der Waals surface area contributed by atoms with Crippen LogP contribution in [0.2, 0.25) is 0 Å². The highest BCUT2D eigenvalue weighted by atomic mass is 32.2. The van der Waals surface area contributed by atoms with Crippen molar-refractivity contribution < 1.29 is 13.2 Å². The fraction of sp³-hybridized carbons (Fsp3) is 0.263. The lowest BCUT2D eigenvalue weighted by Gasteiger charge is -2.28. The van der Waals surface area contributed by atoms with E-state index in [0.29, 0.717) is 42.9 Å². The predicted octanol–water partition coefficient (Wildman–Crippen LogP) is 2.77. The number of hydrogen-bond acceptors (Lipinski definition) is 8. The predicted molar refractivity (Wildman–Crippen MR) is 109 cm³/mol. The molecule has 2 aromatic heterocycles. The molecule has 1 aliphatic heterocycles. The molecule has 0 amide bonds. The third-order valence-electron chi connectivity index (χ3n) is 4.53. The molecule has 3 aromatic rings. The van der Waals surface area contributed by atoms with E-state index in [1.165, 1.54) is 11.3 Å². The van der Waals surface area contributed by atoms with Crippen LogP contribution in [0, 0.1) is 6.92 Å². The maximum atomic E-state index is 13.2. The highest BCUT2D eigenvalue weighted by Gasteiger charge is 2.23. The van der Waals surface area contributed by atoms with E-state index in [-0.39, 0.29) is 9.79 Å². The minimum Gasteiger partial charge on any atom is -0.378 e. The third kappa shape index (κ3) is 3.60. The van der Waals surface area contributed by atoms with Gasteiger partial charge in [-0.25, -0.2) is 18.4 Å². The second-order valence-corrected chi connectivity index (χ2v) is 9.41. The number of nitrogens with zero attached hydrogens (tertiary/aromatic N) is 3. The van der Waals surface area contributed by atoms with Gasteiger partial charge >= 0.3 is 0 Å². The Bertz CT molecular complexity index is 1090. The summed E-state index contributed by atoms with van der Waals surface area (Å²) in [6.45, 7) is 4.32. The number of ether oxygens (including phenoxy) is 1. The average molecular weight is 417 g/mol. The van der Waals surface area contributed by atoms with Gasteiger partial charge in [0.1, 0.15) is 5.82 Å². The Morgan fingerprint density at radius 3 is 2.43 bits per heavy atom. The van der Waals surface area contributed by atoms with Crippen molar-refractivity contribution in [3.63, 3.8) is 0 Å². The lowest BCUT2D eigenvalue weighted by atomic mass is 10.2. The molecule has 2 N–H and O–H groups in total. The first-order valence-corrected chi connectivity index (χ1v) is 11.1. The first-order chi connectivity index (χ1) is 13.4. The molecule has 9 heteroatoms. The number of rotatable bonds is 4.